The number of fused-ring (bicyclic) bond motifs is 1. The summed E-state index contributed by atoms with van der Waals surface area (Å²) in [6.45, 7) is -0.547. The van der Waals surface area contributed by atoms with Gasteiger partial charge < -0.3 is 35.0 Å². The molecular formula is C16H18O7. The first-order chi connectivity index (χ1) is 11.0. The number of hydrogen-bond donors (Lipinski definition) is 5. The predicted molar refractivity (Wildman–Crippen MR) is 80.0 cm³/mol. The summed E-state index contributed by atoms with van der Waals surface area (Å²) in [5.74, 6) is -0.0892. The lowest BCUT2D eigenvalue weighted by Gasteiger charge is -2.39. The maximum atomic E-state index is 10.0. The van der Waals surface area contributed by atoms with Crippen LogP contribution < -0.4 is 4.74 Å². The molecule has 0 bridgehead atoms. The number of aliphatic hydroxyl groups excluding tert-OH is 4. The third-order valence-electron chi connectivity index (χ3n) is 3.92. The van der Waals surface area contributed by atoms with Crippen LogP contribution in [0.1, 0.15) is 0 Å². The highest BCUT2D eigenvalue weighted by molar-refractivity contribution is 5.85. The van der Waals surface area contributed by atoms with Crippen molar-refractivity contribution in [1.82, 2.24) is 0 Å². The second-order valence-electron chi connectivity index (χ2n) is 5.48. The number of aliphatic hydroxyl groups is 4. The molecule has 2 aromatic rings. The lowest BCUT2D eigenvalue weighted by molar-refractivity contribution is -0.277. The Morgan fingerprint density at radius 1 is 0.957 bits per heavy atom. The molecule has 5 atom stereocenters. The van der Waals surface area contributed by atoms with Gasteiger partial charge in [-0.2, -0.15) is 0 Å². The van der Waals surface area contributed by atoms with E-state index in [0.717, 1.165) is 10.8 Å². The Hall–Kier alpha value is -1.90. The van der Waals surface area contributed by atoms with Crippen LogP contribution in [0.4, 0.5) is 0 Å². The van der Waals surface area contributed by atoms with Crippen molar-refractivity contribution in [3.63, 3.8) is 0 Å². The van der Waals surface area contributed by atoms with E-state index in [1.165, 1.54) is 6.07 Å². The Labute approximate surface area is 131 Å². The molecule has 0 unspecified atom stereocenters. The van der Waals surface area contributed by atoms with E-state index >= 15 is 0 Å². The minimum absolute atomic E-state index is 0.0630. The summed E-state index contributed by atoms with van der Waals surface area (Å²) in [6.07, 6.45) is -6.93. The average Bonchev–Trinajstić information content (AvgIpc) is 2.56. The minimum Gasteiger partial charge on any atom is -0.504 e. The monoisotopic (exact) mass is 322 g/mol. The molecule has 124 valence electrons. The van der Waals surface area contributed by atoms with Crippen LogP contribution in [-0.2, 0) is 4.74 Å². The number of benzene rings is 2. The molecule has 1 aliphatic rings. The first-order valence-electron chi connectivity index (χ1n) is 7.20. The second-order valence-corrected chi connectivity index (χ2v) is 5.48. The first-order valence-corrected chi connectivity index (χ1v) is 7.20. The number of phenolic OH excluding ortho intramolecular Hbond substituents is 1. The Morgan fingerprint density at radius 3 is 2.26 bits per heavy atom. The zero-order valence-corrected chi connectivity index (χ0v) is 12.1. The second kappa shape index (κ2) is 6.31. The number of rotatable bonds is 3. The molecule has 7 heteroatoms. The summed E-state index contributed by atoms with van der Waals surface area (Å²) in [5.41, 5.74) is 0. The number of phenols is 1. The summed E-state index contributed by atoms with van der Waals surface area (Å²) in [7, 11) is 0. The molecule has 2 aromatic carbocycles. The van der Waals surface area contributed by atoms with E-state index in [9.17, 15) is 20.4 Å². The molecule has 1 saturated heterocycles. The van der Waals surface area contributed by atoms with Gasteiger partial charge in [-0.1, -0.05) is 24.3 Å². The molecule has 0 aliphatic carbocycles. The van der Waals surface area contributed by atoms with E-state index < -0.39 is 37.3 Å². The van der Waals surface area contributed by atoms with Crippen molar-refractivity contribution in [2.45, 2.75) is 30.7 Å². The molecular weight excluding hydrogens is 304 g/mol. The van der Waals surface area contributed by atoms with Crippen molar-refractivity contribution in [2.24, 2.45) is 0 Å². The SMILES string of the molecule is OC[C@H]1O[C@H](Oc2cc3ccccc3cc2O)[C@H](O)[C@@H](O)[C@@H]1O. The highest BCUT2D eigenvalue weighted by Gasteiger charge is 2.44. The van der Waals surface area contributed by atoms with Gasteiger partial charge in [0.05, 0.1) is 6.61 Å². The predicted octanol–water partition coefficient (Wildman–Crippen LogP) is -0.276. The summed E-state index contributed by atoms with van der Waals surface area (Å²) in [4.78, 5) is 0. The van der Waals surface area contributed by atoms with Crippen LogP contribution in [0.2, 0.25) is 0 Å². The first kappa shape index (κ1) is 16.0. The van der Waals surface area contributed by atoms with Crippen molar-refractivity contribution in [3.05, 3.63) is 36.4 Å². The molecule has 0 aromatic heterocycles. The van der Waals surface area contributed by atoms with Gasteiger partial charge in [0.25, 0.3) is 0 Å². The average molecular weight is 322 g/mol. The van der Waals surface area contributed by atoms with Gasteiger partial charge in [0.15, 0.2) is 11.5 Å². The van der Waals surface area contributed by atoms with E-state index in [2.05, 4.69) is 0 Å². The van der Waals surface area contributed by atoms with Crippen molar-refractivity contribution in [3.8, 4) is 11.5 Å². The lowest BCUT2D eigenvalue weighted by atomic mass is 9.99. The number of aromatic hydroxyl groups is 1. The molecule has 0 spiro atoms. The van der Waals surface area contributed by atoms with Crippen molar-refractivity contribution in [2.75, 3.05) is 6.61 Å². The fourth-order valence-corrected chi connectivity index (χ4v) is 2.59. The molecule has 1 fully saturated rings. The molecule has 1 aliphatic heterocycles. The van der Waals surface area contributed by atoms with Crippen LogP contribution in [0.25, 0.3) is 10.8 Å². The van der Waals surface area contributed by atoms with Crippen molar-refractivity contribution < 1.29 is 35.0 Å². The van der Waals surface area contributed by atoms with Crippen LogP contribution in [0.3, 0.4) is 0 Å². The molecule has 0 radical (unpaired) electrons. The van der Waals surface area contributed by atoms with E-state index in [1.807, 2.05) is 24.3 Å². The van der Waals surface area contributed by atoms with E-state index in [0.29, 0.717) is 0 Å². The lowest BCUT2D eigenvalue weighted by Crippen LogP contribution is -2.60. The van der Waals surface area contributed by atoms with Crippen LogP contribution in [0, 0.1) is 0 Å². The van der Waals surface area contributed by atoms with Crippen molar-refractivity contribution >= 4 is 10.8 Å². The zero-order valence-electron chi connectivity index (χ0n) is 12.1. The molecule has 23 heavy (non-hydrogen) atoms. The maximum Gasteiger partial charge on any atom is 0.229 e. The van der Waals surface area contributed by atoms with Crippen LogP contribution in [0.15, 0.2) is 36.4 Å². The quantitative estimate of drug-likeness (QED) is 0.527. The summed E-state index contributed by atoms with van der Waals surface area (Å²) in [6, 6.07) is 10.4. The van der Waals surface area contributed by atoms with Gasteiger partial charge in [0, 0.05) is 0 Å². The summed E-state index contributed by atoms with van der Waals surface area (Å²) < 4.78 is 10.7. The Morgan fingerprint density at radius 2 is 1.61 bits per heavy atom. The Balaban J connectivity index is 1.87. The number of ether oxygens (including phenoxy) is 2. The zero-order chi connectivity index (χ0) is 16.6. The standard InChI is InChI=1S/C16H18O7/c17-7-12-13(19)14(20)15(21)16(23-12)22-11-6-9-4-2-1-3-8(9)5-10(11)18/h1-6,12-21H,7H2/t12-,13-,14+,15-,16+/m1/s1. The summed E-state index contributed by atoms with van der Waals surface area (Å²) >= 11 is 0. The number of hydrogen-bond acceptors (Lipinski definition) is 7. The van der Waals surface area contributed by atoms with Gasteiger partial charge in [-0.25, -0.2) is 0 Å². The van der Waals surface area contributed by atoms with E-state index in [1.54, 1.807) is 6.07 Å². The van der Waals surface area contributed by atoms with Gasteiger partial charge in [0.2, 0.25) is 6.29 Å². The maximum absolute atomic E-state index is 10.0. The third-order valence-corrected chi connectivity index (χ3v) is 3.92. The van der Waals surface area contributed by atoms with Crippen LogP contribution in [-0.4, -0.2) is 62.8 Å². The van der Waals surface area contributed by atoms with Gasteiger partial charge in [-0.3, -0.25) is 0 Å². The normalized spacial score (nSPS) is 31.2. The van der Waals surface area contributed by atoms with Crippen LogP contribution in [0.5, 0.6) is 11.5 Å². The Kier molecular flexibility index (Phi) is 4.38. The van der Waals surface area contributed by atoms with Crippen LogP contribution >= 0.6 is 0 Å². The largest absolute Gasteiger partial charge is 0.504 e. The minimum atomic E-state index is -1.53. The molecule has 3 rings (SSSR count). The topological polar surface area (TPSA) is 120 Å². The molecule has 5 N–H and O–H groups in total. The molecule has 0 saturated carbocycles. The molecule has 1 heterocycles. The molecule has 0 amide bonds. The highest BCUT2D eigenvalue weighted by Crippen LogP contribution is 2.34. The van der Waals surface area contributed by atoms with Gasteiger partial charge in [-0.15, -0.1) is 0 Å². The fourth-order valence-electron chi connectivity index (χ4n) is 2.59. The smallest absolute Gasteiger partial charge is 0.229 e. The van der Waals surface area contributed by atoms with Gasteiger partial charge in [0.1, 0.15) is 24.4 Å². The fraction of sp³-hybridized carbons (Fsp3) is 0.375. The summed E-state index contributed by atoms with van der Waals surface area (Å²) in [5, 5.41) is 50.3. The molecule has 7 nitrogen and oxygen atoms in total. The third kappa shape index (κ3) is 2.97. The van der Waals surface area contributed by atoms with E-state index in [-0.39, 0.29) is 11.5 Å². The van der Waals surface area contributed by atoms with Gasteiger partial charge >= 0.3 is 0 Å². The van der Waals surface area contributed by atoms with Gasteiger partial charge in [-0.05, 0) is 22.9 Å². The van der Waals surface area contributed by atoms with Crippen molar-refractivity contribution in [1.29, 1.82) is 0 Å². The Bertz CT molecular complexity index is 687. The highest BCUT2D eigenvalue weighted by atomic mass is 16.7. The van der Waals surface area contributed by atoms with E-state index in [4.69, 9.17) is 14.6 Å².